The summed E-state index contributed by atoms with van der Waals surface area (Å²) in [4.78, 5) is 18.1. The highest BCUT2D eigenvalue weighted by atomic mass is 15.0. The van der Waals surface area contributed by atoms with Gasteiger partial charge in [0.2, 0.25) is 0 Å². The Balaban J connectivity index is 0.828. The highest BCUT2D eigenvalue weighted by Crippen LogP contribution is 2.45. The van der Waals surface area contributed by atoms with Crippen molar-refractivity contribution in [3.05, 3.63) is 284 Å². The first-order valence-corrected chi connectivity index (χ1v) is 26.3. The average Bonchev–Trinajstić information content (AvgIpc) is 4.38. The second kappa shape index (κ2) is 18.3. The van der Waals surface area contributed by atoms with E-state index >= 15 is 0 Å². The lowest BCUT2D eigenvalue weighted by Gasteiger charge is -2.14. The largest absolute Gasteiger partial charge is 0.309 e. The predicted molar refractivity (Wildman–Crippen MR) is 325 cm³/mol. The molecule has 0 aliphatic heterocycles. The van der Waals surface area contributed by atoms with Crippen LogP contribution < -0.4 is 0 Å². The molecule has 11 aromatic carbocycles. The van der Waals surface area contributed by atoms with Crippen LogP contribution in [0.5, 0.6) is 0 Å². The lowest BCUT2D eigenvalue weighted by molar-refractivity contribution is 1.16. The molecule has 0 atom stereocenters. The van der Waals surface area contributed by atoms with Crippen LogP contribution in [-0.2, 0) is 0 Å². The van der Waals surface area contributed by atoms with Crippen molar-refractivity contribution >= 4 is 76.8 Å². The fourth-order valence-corrected chi connectivity index (χ4v) is 11.9. The second-order valence-corrected chi connectivity index (χ2v) is 19.9. The molecule has 15 aromatic rings. The summed E-state index contributed by atoms with van der Waals surface area (Å²) in [6.45, 7) is 16.9. The molecule has 0 N–H and O–H groups in total. The molecule has 0 radical (unpaired) electrons. The summed E-state index contributed by atoms with van der Waals surface area (Å²) in [5.74, 6) is 0.651. The molecule has 0 unspecified atom stereocenters. The van der Waals surface area contributed by atoms with Gasteiger partial charge in [0, 0.05) is 66.1 Å². The zero-order valence-corrected chi connectivity index (χ0v) is 42.5. The van der Waals surface area contributed by atoms with E-state index in [0.717, 1.165) is 106 Å². The molecule has 0 spiro atoms. The number of benzene rings is 11. The van der Waals surface area contributed by atoms with Crippen LogP contribution in [0.4, 0.5) is 11.4 Å². The molecule has 0 amide bonds. The molecule has 7 nitrogen and oxygen atoms in total. The third-order valence-corrected chi connectivity index (χ3v) is 15.5. The lowest BCUT2D eigenvalue weighted by atomic mass is 9.95. The Morgan fingerprint density at radius 1 is 0.266 bits per heavy atom. The molecule has 4 aromatic heterocycles. The fourth-order valence-electron chi connectivity index (χ4n) is 11.9. The second-order valence-electron chi connectivity index (χ2n) is 19.9. The molecule has 0 saturated heterocycles. The van der Waals surface area contributed by atoms with Gasteiger partial charge in [-0.25, -0.2) is 19.7 Å². The normalized spacial score (nSPS) is 11.5. The van der Waals surface area contributed by atoms with Crippen molar-refractivity contribution in [2.24, 2.45) is 0 Å². The van der Waals surface area contributed by atoms with Gasteiger partial charge in [-0.3, -0.25) is 0 Å². The van der Waals surface area contributed by atoms with E-state index in [0.29, 0.717) is 22.8 Å². The number of rotatable bonds is 8. The summed E-state index contributed by atoms with van der Waals surface area (Å²) in [6, 6.07) is 90.8. The van der Waals surface area contributed by atoms with Gasteiger partial charge in [-0.05, 0) is 101 Å². The molecule has 0 bridgehead atoms. The number of fused-ring (bicyclic) bond motifs is 9. The predicted octanol–water partition coefficient (Wildman–Crippen LogP) is 19.2. The third-order valence-electron chi connectivity index (χ3n) is 15.5. The molecular formula is C72H43N7. The van der Waals surface area contributed by atoms with Crippen molar-refractivity contribution in [1.82, 2.24) is 23.7 Å². The summed E-state index contributed by atoms with van der Waals surface area (Å²) in [5, 5.41) is 7.13. The Morgan fingerprint density at radius 2 is 0.620 bits per heavy atom. The van der Waals surface area contributed by atoms with Gasteiger partial charge >= 0.3 is 0 Å². The van der Waals surface area contributed by atoms with Gasteiger partial charge < -0.3 is 13.7 Å². The van der Waals surface area contributed by atoms with Crippen molar-refractivity contribution in [1.29, 1.82) is 0 Å². The summed E-state index contributed by atoms with van der Waals surface area (Å²) in [7, 11) is 0. The minimum absolute atomic E-state index is 0.420. The van der Waals surface area contributed by atoms with Crippen LogP contribution >= 0.6 is 0 Å². The first kappa shape index (κ1) is 45.3. The van der Waals surface area contributed by atoms with Crippen LogP contribution in [0.3, 0.4) is 0 Å². The fraction of sp³-hybridized carbons (Fsp3) is 0. The number of hydrogen-bond acceptors (Lipinski definition) is 2. The molecule has 4 heterocycles. The highest BCUT2D eigenvalue weighted by Gasteiger charge is 2.21. The van der Waals surface area contributed by atoms with Gasteiger partial charge in [0.25, 0.3) is 0 Å². The van der Waals surface area contributed by atoms with E-state index in [1.807, 2.05) is 103 Å². The van der Waals surface area contributed by atoms with E-state index in [9.17, 15) is 0 Å². The standard InChI is InChI=1S/C72H43N7/c1-73-63-41-51(46-29-31-48(32-30-46)62-45-61(47-17-5-3-6-18-47)75-72(76-62)50-19-7-4-8-20-50)42-64(74-2)71(63)49-33-35-52(36-34-49)77-69-39-37-53(78-65-25-13-9-21-55(65)56-22-10-14-26-66(56)78)43-59(69)60-44-54(38-40-70(60)77)79-67-27-15-11-23-57(67)58-24-12-16-28-68(58)79/h3-45H. The van der Waals surface area contributed by atoms with Crippen LogP contribution in [0.25, 0.3) is 148 Å². The summed E-state index contributed by atoms with van der Waals surface area (Å²) in [6.07, 6.45) is 0. The quantitative estimate of drug-likeness (QED) is 0.142. The Bertz CT molecular complexity index is 4640. The van der Waals surface area contributed by atoms with Crippen LogP contribution in [-0.4, -0.2) is 23.7 Å². The topological polar surface area (TPSA) is 49.3 Å². The van der Waals surface area contributed by atoms with E-state index < -0.39 is 0 Å². The number of hydrogen-bond donors (Lipinski definition) is 0. The Labute approximate surface area is 455 Å². The number of para-hydroxylation sites is 4. The lowest BCUT2D eigenvalue weighted by Crippen LogP contribution is -1.96. The van der Waals surface area contributed by atoms with Crippen LogP contribution in [0, 0.1) is 13.1 Å². The van der Waals surface area contributed by atoms with Crippen molar-refractivity contribution in [3.8, 4) is 73.2 Å². The maximum atomic E-state index is 8.45. The van der Waals surface area contributed by atoms with Crippen LogP contribution in [0.1, 0.15) is 0 Å². The smallest absolute Gasteiger partial charge is 0.185 e. The molecule has 0 saturated carbocycles. The molecule has 79 heavy (non-hydrogen) atoms. The zero-order chi connectivity index (χ0) is 52.6. The first-order chi connectivity index (χ1) is 39.1. The van der Waals surface area contributed by atoms with E-state index in [1.54, 1.807) is 0 Å². The first-order valence-electron chi connectivity index (χ1n) is 26.3. The van der Waals surface area contributed by atoms with E-state index in [2.05, 4.69) is 181 Å². The van der Waals surface area contributed by atoms with Crippen LogP contribution in [0.15, 0.2) is 261 Å². The Morgan fingerprint density at radius 3 is 1.08 bits per heavy atom. The zero-order valence-electron chi connectivity index (χ0n) is 42.5. The molecule has 15 rings (SSSR count). The molecule has 366 valence electrons. The molecular weight excluding hydrogens is 963 g/mol. The van der Waals surface area contributed by atoms with E-state index in [4.69, 9.17) is 23.1 Å². The number of nitrogens with zero attached hydrogens (tertiary/aromatic N) is 7. The SMILES string of the molecule is [C-]#[N+]c1cc(-c2ccc(-c3cc(-c4ccccc4)nc(-c4ccccc4)n3)cc2)cc([N+]#[C-])c1-c1ccc(-n2c3ccc(-n4c5ccccc5c5ccccc54)cc3c3cc(-n4c5ccccc5c5ccccc54)ccc32)cc1. The van der Waals surface area contributed by atoms with Crippen molar-refractivity contribution in [2.75, 3.05) is 0 Å². The van der Waals surface area contributed by atoms with Crippen LogP contribution in [0.2, 0.25) is 0 Å². The van der Waals surface area contributed by atoms with Crippen molar-refractivity contribution < 1.29 is 0 Å². The Hall–Kier alpha value is -11.1. The number of aromatic nitrogens is 5. The Kier molecular flexibility index (Phi) is 10.5. The molecule has 0 aliphatic carbocycles. The van der Waals surface area contributed by atoms with E-state index in [-0.39, 0.29) is 0 Å². The molecule has 0 aliphatic rings. The average molecular weight is 1010 g/mol. The maximum Gasteiger partial charge on any atom is 0.185 e. The van der Waals surface area contributed by atoms with Crippen molar-refractivity contribution in [2.45, 2.75) is 0 Å². The van der Waals surface area contributed by atoms with Gasteiger partial charge in [-0.2, -0.15) is 0 Å². The summed E-state index contributed by atoms with van der Waals surface area (Å²) >= 11 is 0. The maximum absolute atomic E-state index is 8.45. The molecule has 7 heteroatoms. The van der Waals surface area contributed by atoms with Crippen molar-refractivity contribution in [3.63, 3.8) is 0 Å². The van der Waals surface area contributed by atoms with Gasteiger partial charge in [-0.1, -0.05) is 182 Å². The third kappa shape index (κ3) is 7.41. The van der Waals surface area contributed by atoms with Gasteiger partial charge in [0.1, 0.15) is 0 Å². The monoisotopic (exact) mass is 1010 g/mol. The minimum atomic E-state index is 0.420. The molecule has 0 fully saturated rings. The van der Waals surface area contributed by atoms with Gasteiger partial charge in [-0.15, -0.1) is 0 Å². The minimum Gasteiger partial charge on any atom is -0.309 e. The van der Waals surface area contributed by atoms with Gasteiger partial charge in [0.05, 0.1) is 57.6 Å². The van der Waals surface area contributed by atoms with Gasteiger partial charge in [0.15, 0.2) is 17.2 Å². The highest BCUT2D eigenvalue weighted by molar-refractivity contribution is 6.14. The summed E-state index contributed by atoms with van der Waals surface area (Å²) in [5.41, 5.74) is 18.4. The van der Waals surface area contributed by atoms with E-state index in [1.165, 1.54) is 21.5 Å². The summed E-state index contributed by atoms with van der Waals surface area (Å²) < 4.78 is 7.10.